The monoisotopic (exact) mass is 376 g/mol. The molecule has 2 aromatic rings. The Morgan fingerprint density at radius 3 is 1.91 bits per heavy atom. The Morgan fingerprint density at radius 2 is 1.36 bits per heavy atom. The molecule has 0 radical (unpaired) electrons. The molecule has 0 aliphatic carbocycles. The SMILES string of the molecule is O=S(=O)(Cl)c1cc(-c2cc(F)c(F)c(F)c2F)c(F)cc1Cl. The van der Waals surface area contributed by atoms with E-state index in [0.717, 1.165) is 0 Å². The van der Waals surface area contributed by atoms with Crippen LogP contribution in [0.15, 0.2) is 23.1 Å². The standard InChI is InChI=1S/C12H3Cl2F5O2S/c13-6-3-7(15)4(2-9(6)22(14,20)21)5-1-8(16)11(18)12(19)10(5)17/h1-3H. The van der Waals surface area contributed by atoms with E-state index in [4.69, 9.17) is 22.3 Å². The summed E-state index contributed by atoms with van der Waals surface area (Å²) in [6.07, 6.45) is 0. The van der Waals surface area contributed by atoms with Crippen LogP contribution in [-0.4, -0.2) is 8.42 Å². The van der Waals surface area contributed by atoms with Gasteiger partial charge >= 0.3 is 0 Å². The molecular formula is C12H3Cl2F5O2S. The van der Waals surface area contributed by atoms with Crippen molar-refractivity contribution in [2.24, 2.45) is 0 Å². The first-order valence-electron chi connectivity index (χ1n) is 5.31. The summed E-state index contributed by atoms with van der Waals surface area (Å²) >= 11 is 5.50. The van der Waals surface area contributed by atoms with Crippen molar-refractivity contribution in [2.75, 3.05) is 0 Å². The summed E-state index contributed by atoms with van der Waals surface area (Å²) in [5.74, 6) is -9.20. The lowest BCUT2D eigenvalue weighted by molar-refractivity contribution is 0.410. The molecule has 0 unspecified atom stereocenters. The molecule has 118 valence electrons. The molecule has 0 aliphatic rings. The van der Waals surface area contributed by atoms with Crippen LogP contribution in [0.1, 0.15) is 0 Å². The van der Waals surface area contributed by atoms with Gasteiger partial charge in [0, 0.05) is 21.8 Å². The minimum atomic E-state index is -4.43. The molecule has 0 aliphatic heterocycles. The van der Waals surface area contributed by atoms with Crippen molar-refractivity contribution in [1.82, 2.24) is 0 Å². The predicted octanol–water partition coefficient (Wildman–Crippen LogP) is 4.63. The molecule has 2 aromatic carbocycles. The fraction of sp³-hybridized carbons (Fsp3) is 0. The highest BCUT2D eigenvalue weighted by atomic mass is 35.7. The summed E-state index contributed by atoms with van der Waals surface area (Å²) < 4.78 is 89.3. The Labute approximate surface area is 130 Å². The molecule has 0 spiro atoms. The van der Waals surface area contributed by atoms with Crippen molar-refractivity contribution >= 4 is 31.3 Å². The molecule has 0 heterocycles. The molecule has 0 fully saturated rings. The first-order chi connectivity index (χ1) is 10.0. The molecule has 0 saturated carbocycles. The van der Waals surface area contributed by atoms with Crippen molar-refractivity contribution in [3.05, 3.63) is 52.3 Å². The van der Waals surface area contributed by atoms with Crippen molar-refractivity contribution in [3.63, 3.8) is 0 Å². The number of benzene rings is 2. The average molecular weight is 377 g/mol. The van der Waals surface area contributed by atoms with Crippen LogP contribution < -0.4 is 0 Å². The van der Waals surface area contributed by atoms with Crippen LogP contribution in [0.2, 0.25) is 5.02 Å². The van der Waals surface area contributed by atoms with E-state index in [2.05, 4.69) is 0 Å². The predicted molar refractivity (Wildman–Crippen MR) is 69.7 cm³/mol. The van der Waals surface area contributed by atoms with Crippen LogP contribution in [0, 0.1) is 29.1 Å². The fourth-order valence-electron chi connectivity index (χ4n) is 1.69. The van der Waals surface area contributed by atoms with Crippen LogP contribution in [0.4, 0.5) is 22.0 Å². The minimum Gasteiger partial charge on any atom is -0.207 e. The van der Waals surface area contributed by atoms with E-state index in [9.17, 15) is 30.4 Å². The summed E-state index contributed by atoms with van der Waals surface area (Å²) in [7, 11) is 0.634. The van der Waals surface area contributed by atoms with Gasteiger partial charge in [0.25, 0.3) is 9.05 Å². The van der Waals surface area contributed by atoms with Gasteiger partial charge in [0.15, 0.2) is 23.3 Å². The van der Waals surface area contributed by atoms with Gasteiger partial charge in [-0.1, -0.05) is 11.6 Å². The van der Waals surface area contributed by atoms with E-state index in [1.807, 2.05) is 0 Å². The maximum Gasteiger partial charge on any atom is 0.262 e. The summed E-state index contributed by atoms with van der Waals surface area (Å²) in [6, 6.07) is 1.16. The zero-order valence-corrected chi connectivity index (χ0v) is 12.4. The van der Waals surface area contributed by atoms with Crippen LogP contribution in [-0.2, 0) is 9.05 Å². The number of hydrogen-bond donors (Lipinski definition) is 0. The van der Waals surface area contributed by atoms with E-state index in [1.54, 1.807) is 0 Å². The third kappa shape index (κ3) is 2.90. The highest BCUT2D eigenvalue weighted by molar-refractivity contribution is 8.13. The van der Waals surface area contributed by atoms with Gasteiger partial charge in [0.05, 0.1) is 5.02 Å². The largest absolute Gasteiger partial charge is 0.262 e. The smallest absolute Gasteiger partial charge is 0.207 e. The molecule has 0 N–H and O–H groups in total. The van der Waals surface area contributed by atoms with Gasteiger partial charge in [0.2, 0.25) is 0 Å². The van der Waals surface area contributed by atoms with E-state index in [0.29, 0.717) is 12.1 Å². The summed E-state index contributed by atoms with van der Waals surface area (Å²) in [4.78, 5) is -0.795. The van der Waals surface area contributed by atoms with Crippen molar-refractivity contribution in [1.29, 1.82) is 0 Å². The first kappa shape index (κ1) is 17.0. The zero-order valence-electron chi connectivity index (χ0n) is 10.1. The second-order valence-electron chi connectivity index (χ2n) is 4.05. The van der Waals surface area contributed by atoms with Gasteiger partial charge in [-0.2, -0.15) is 0 Å². The Kier molecular flexibility index (Phi) is 4.38. The third-order valence-corrected chi connectivity index (χ3v) is 4.46. The van der Waals surface area contributed by atoms with E-state index in [-0.39, 0.29) is 6.07 Å². The number of hydrogen-bond acceptors (Lipinski definition) is 2. The van der Waals surface area contributed by atoms with Gasteiger partial charge in [-0.05, 0) is 18.2 Å². The second-order valence-corrected chi connectivity index (χ2v) is 6.99. The Hall–Kier alpha value is -1.38. The van der Waals surface area contributed by atoms with Crippen LogP contribution >= 0.6 is 22.3 Å². The minimum absolute atomic E-state index is 0.185. The molecule has 0 atom stereocenters. The molecule has 0 saturated heterocycles. The van der Waals surface area contributed by atoms with Crippen molar-refractivity contribution in [3.8, 4) is 11.1 Å². The van der Waals surface area contributed by atoms with Gasteiger partial charge in [-0.3, -0.25) is 0 Å². The lowest BCUT2D eigenvalue weighted by atomic mass is 10.0. The number of rotatable bonds is 2. The lowest BCUT2D eigenvalue weighted by Crippen LogP contribution is -2.01. The van der Waals surface area contributed by atoms with Crippen molar-refractivity contribution in [2.45, 2.75) is 4.90 Å². The van der Waals surface area contributed by atoms with E-state index in [1.165, 1.54) is 0 Å². The molecule has 0 bridgehead atoms. The van der Waals surface area contributed by atoms with E-state index >= 15 is 0 Å². The summed E-state index contributed by atoms with van der Waals surface area (Å²) in [5, 5.41) is -0.611. The lowest BCUT2D eigenvalue weighted by Gasteiger charge is -2.10. The van der Waals surface area contributed by atoms with Gasteiger partial charge in [0.1, 0.15) is 10.7 Å². The molecule has 10 heteroatoms. The molecule has 0 aromatic heterocycles. The van der Waals surface area contributed by atoms with Crippen LogP contribution in [0.5, 0.6) is 0 Å². The highest BCUT2D eigenvalue weighted by Crippen LogP contribution is 2.35. The first-order valence-corrected chi connectivity index (χ1v) is 8.00. The normalized spacial score (nSPS) is 11.8. The maximum absolute atomic E-state index is 13.8. The number of halogens is 7. The third-order valence-electron chi connectivity index (χ3n) is 2.68. The molecule has 2 rings (SSSR count). The maximum atomic E-state index is 13.8. The summed E-state index contributed by atoms with van der Waals surface area (Å²) in [6.45, 7) is 0. The van der Waals surface area contributed by atoms with Crippen molar-refractivity contribution < 1.29 is 30.4 Å². The molecule has 2 nitrogen and oxygen atoms in total. The summed E-state index contributed by atoms with van der Waals surface area (Å²) in [5.41, 5.74) is -1.87. The highest BCUT2D eigenvalue weighted by Gasteiger charge is 2.24. The van der Waals surface area contributed by atoms with Crippen LogP contribution in [0.25, 0.3) is 11.1 Å². The fourth-order valence-corrected chi connectivity index (χ4v) is 3.20. The molecular weight excluding hydrogens is 374 g/mol. The van der Waals surface area contributed by atoms with Gasteiger partial charge in [-0.25, -0.2) is 30.4 Å². The van der Waals surface area contributed by atoms with E-state index < -0.39 is 59.2 Å². The topological polar surface area (TPSA) is 34.1 Å². The molecule has 0 amide bonds. The van der Waals surface area contributed by atoms with Gasteiger partial charge in [-0.15, -0.1) is 0 Å². The van der Waals surface area contributed by atoms with Crippen LogP contribution in [0.3, 0.4) is 0 Å². The molecule has 22 heavy (non-hydrogen) atoms. The Morgan fingerprint density at radius 1 is 0.773 bits per heavy atom. The zero-order chi connectivity index (χ0) is 16.8. The Bertz CT molecular complexity index is 884. The Balaban J connectivity index is 2.85. The van der Waals surface area contributed by atoms with Gasteiger partial charge < -0.3 is 0 Å². The second kappa shape index (κ2) is 5.68. The average Bonchev–Trinajstić information content (AvgIpc) is 2.40. The quantitative estimate of drug-likeness (QED) is 0.331.